The van der Waals surface area contributed by atoms with E-state index in [4.69, 9.17) is 4.74 Å². The molecule has 0 amide bonds. The van der Waals surface area contributed by atoms with Crippen molar-refractivity contribution in [1.29, 1.82) is 0 Å². The SMILES string of the molecule is COc1ccc(Br)cc1CC(C)(F)C1CCCNC1. The van der Waals surface area contributed by atoms with Crippen molar-refractivity contribution in [1.82, 2.24) is 5.32 Å². The molecular formula is C15H21BrFNO. The van der Waals surface area contributed by atoms with Gasteiger partial charge in [-0.15, -0.1) is 0 Å². The third kappa shape index (κ3) is 3.69. The first kappa shape index (κ1) is 14.8. The number of alkyl halides is 1. The molecule has 0 bridgehead atoms. The second-order valence-electron chi connectivity index (χ2n) is 5.45. The topological polar surface area (TPSA) is 21.3 Å². The Morgan fingerprint density at radius 1 is 1.53 bits per heavy atom. The normalized spacial score (nSPS) is 22.8. The summed E-state index contributed by atoms with van der Waals surface area (Å²) in [5, 5.41) is 3.29. The van der Waals surface area contributed by atoms with Crippen LogP contribution in [-0.2, 0) is 6.42 Å². The molecule has 0 aliphatic carbocycles. The van der Waals surface area contributed by atoms with Crippen LogP contribution in [0.5, 0.6) is 5.75 Å². The molecule has 1 N–H and O–H groups in total. The lowest BCUT2D eigenvalue weighted by atomic mass is 9.81. The summed E-state index contributed by atoms with van der Waals surface area (Å²) in [7, 11) is 1.63. The molecule has 1 fully saturated rings. The molecule has 2 rings (SSSR count). The number of ether oxygens (including phenoxy) is 1. The third-order valence-corrected chi connectivity index (χ3v) is 4.42. The average molecular weight is 330 g/mol. The molecule has 1 heterocycles. The van der Waals surface area contributed by atoms with Gasteiger partial charge in [-0.25, -0.2) is 4.39 Å². The molecule has 1 saturated heterocycles. The molecule has 2 nitrogen and oxygen atoms in total. The number of halogens is 2. The predicted octanol–water partition coefficient (Wildman–Crippen LogP) is 3.73. The van der Waals surface area contributed by atoms with E-state index in [0.29, 0.717) is 6.42 Å². The van der Waals surface area contributed by atoms with Crippen LogP contribution >= 0.6 is 15.9 Å². The molecule has 1 aliphatic rings. The lowest BCUT2D eigenvalue weighted by Gasteiger charge is -2.34. The minimum absolute atomic E-state index is 0.0740. The fourth-order valence-corrected chi connectivity index (χ4v) is 3.18. The smallest absolute Gasteiger partial charge is 0.122 e. The Bertz CT molecular complexity index is 430. The summed E-state index contributed by atoms with van der Waals surface area (Å²) in [4.78, 5) is 0. The number of nitrogens with one attached hydrogen (secondary N) is 1. The van der Waals surface area contributed by atoms with Crippen LogP contribution in [0, 0.1) is 5.92 Å². The van der Waals surface area contributed by atoms with Gasteiger partial charge in [-0.2, -0.15) is 0 Å². The van der Waals surface area contributed by atoms with Crippen molar-refractivity contribution < 1.29 is 9.13 Å². The van der Waals surface area contributed by atoms with Crippen molar-refractivity contribution in [3.05, 3.63) is 28.2 Å². The van der Waals surface area contributed by atoms with Gasteiger partial charge in [0.15, 0.2) is 0 Å². The van der Waals surface area contributed by atoms with E-state index in [1.807, 2.05) is 18.2 Å². The quantitative estimate of drug-likeness (QED) is 0.908. The number of hydrogen-bond donors (Lipinski definition) is 1. The third-order valence-electron chi connectivity index (χ3n) is 3.93. The zero-order valence-electron chi connectivity index (χ0n) is 11.5. The molecule has 106 valence electrons. The van der Waals surface area contributed by atoms with E-state index in [1.165, 1.54) is 0 Å². The summed E-state index contributed by atoms with van der Waals surface area (Å²) in [6.45, 7) is 3.49. The average Bonchev–Trinajstić information content (AvgIpc) is 2.39. The van der Waals surface area contributed by atoms with Crippen molar-refractivity contribution in [2.24, 2.45) is 5.92 Å². The molecule has 4 heteroatoms. The Hall–Kier alpha value is -0.610. The molecule has 1 aromatic rings. The first-order valence-electron chi connectivity index (χ1n) is 6.75. The van der Waals surface area contributed by atoms with Gasteiger partial charge >= 0.3 is 0 Å². The maximum atomic E-state index is 15.0. The number of methoxy groups -OCH3 is 1. The van der Waals surface area contributed by atoms with E-state index < -0.39 is 5.67 Å². The minimum atomic E-state index is -1.21. The molecule has 2 unspecified atom stereocenters. The van der Waals surface area contributed by atoms with Crippen LogP contribution in [0.25, 0.3) is 0 Å². The van der Waals surface area contributed by atoms with Gasteiger partial charge in [-0.1, -0.05) is 15.9 Å². The highest BCUT2D eigenvalue weighted by Gasteiger charge is 2.35. The highest BCUT2D eigenvalue weighted by atomic mass is 79.9. The summed E-state index contributed by atoms with van der Waals surface area (Å²) < 4.78 is 21.3. The van der Waals surface area contributed by atoms with Gasteiger partial charge in [0.05, 0.1) is 7.11 Å². The number of rotatable bonds is 4. The van der Waals surface area contributed by atoms with Crippen molar-refractivity contribution in [2.75, 3.05) is 20.2 Å². The molecule has 1 aromatic carbocycles. The molecule has 1 aliphatic heterocycles. The second-order valence-corrected chi connectivity index (χ2v) is 6.37. The van der Waals surface area contributed by atoms with Crippen LogP contribution < -0.4 is 10.1 Å². The largest absolute Gasteiger partial charge is 0.496 e. The van der Waals surface area contributed by atoms with Crippen molar-refractivity contribution in [3.63, 3.8) is 0 Å². The lowest BCUT2D eigenvalue weighted by Crippen LogP contribution is -2.42. The zero-order valence-corrected chi connectivity index (χ0v) is 13.1. The molecule has 0 aromatic heterocycles. The Balaban J connectivity index is 2.16. The second kappa shape index (κ2) is 6.23. The van der Waals surface area contributed by atoms with Crippen molar-refractivity contribution in [2.45, 2.75) is 31.9 Å². The van der Waals surface area contributed by atoms with Crippen LogP contribution in [0.15, 0.2) is 22.7 Å². The first-order valence-corrected chi connectivity index (χ1v) is 7.54. The molecule has 0 radical (unpaired) electrons. The zero-order chi connectivity index (χ0) is 13.9. The maximum Gasteiger partial charge on any atom is 0.122 e. The van der Waals surface area contributed by atoms with Crippen LogP contribution in [-0.4, -0.2) is 25.9 Å². The van der Waals surface area contributed by atoms with Gasteiger partial charge in [-0.3, -0.25) is 0 Å². The van der Waals surface area contributed by atoms with E-state index >= 15 is 0 Å². The van der Waals surface area contributed by atoms with Gasteiger partial charge in [-0.05, 0) is 50.1 Å². The van der Waals surface area contributed by atoms with E-state index in [-0.39, 0.29) is 5.92 Å². The van der Waals surface area contributed by atoms with Crippen LogP contribution in [0.2, 0.25) is 0 Å². The Kier molecular flexibility index (Phi) is 4.85. The highest BCUT2D eigenvalue weighted by Crippen LogP contribution is 2.34. The van der Waals surface area contributed by atoms with Gasteiger partial charge < -0.3 is 10.1 Å². The fraction of sp³-hybridized carbons (Fsp3) is 0.600. The van der Waals surface area contributed by atoms with Crippen LogP contribution in [0.1, 0.15) is 25.3 Å². The van der Waals surface area contributed by atoms with E-state index in [0.717, 1.165) is 41.7 Å². The molecule has 19 heavy (non-hydrogen) atoms. The monoisotopic (exact) mass is 329 g/mol. The standard InChI is InChI=1S/C15H21BrFNO/c1-15(17,12-4-3-7-18-10-12)9-11-8-13(16)5-6-14(11)19-2/h5-6,8,12,18H,3-4,7,9-10H2,1-2H3. The number of benzene rings is 1. The lowest BCUT2D eigenvalue weighted by molar-refractivity contribution is 0.0826. The fourth-order valence-electron chi connectivity index (χ4n) is 2.77. The molecular weight excluding hydrogens is 309 g/mol. The van der Waals surface area contributed by atoms with E-state index in [1.54, 1.807) is 14.0 Å². The number of hydrogen-bond acceptors (Lipinski definition) is 2. The number of piperidine rings is 1. The minimum Gasteiger partial charge on any atom is -0.496 e. The Morgan fingerprint density at radius 3 is 2.95 bits per heavy atom. The molecule has 0 spiro atoms. The summed E-state index contributed by atoms with van der Waals surface area (Å²) in [5.41, 5.74) is -0.283. The summed E-state index contributed by atoms with van der Waals surface area (Å²) in [5.74, 6) is 0.834. The molecule has 2 atom stereocenters. The van der Waals surface area contributed by atoms with Crippen molar-refractivity contribution in [3.8, 4) is 5.75 Å². The van der Waals surface area contributed by atoms with E-state index in [9.17, 15) is 4.39 Å². The summed E-state index contributed by atoms with van der Waals surface area (Å²) >= 11 is 3.44. The Labute approximate surface area is 122 Å². The highest BCUT2D eigenvalue weighted by molar-refractivity contribution is 9.10. The van der Waals surface area contributed by atoms with Gasteiger partial charge in [0, 0.05) is 23.4 Å². The van der Waals surface area contributed by atoms with Gasteiger partial charge in [0.25, 0.3) is 0 Å². The summed E-state index contributed by atoms with van der Waals surface area (Å²) in [6, 6.07) is 5.75. The van der Waals surface area contributed by atoms with E-state index in [2.05, 4.69) is 21.2 Å². The van der Waals surface area contributed by atoms with Gasteiger partial charge in [0.2, 0.25) is 0 Å². The predicted molar refractivity (Wildman–Crippen MR) is 79.5 cm³/mol. The summed E-state index contributed by atoms with van der Waals surface area (Å²) in [6.07, 6.45) is 2.40. The van der Waals surface area contributed by atoms with Crippen molar-refractivity contribution >= 4 is 15.9 Å². The van der Waals surface area contributed by atoms with Crippen LogP contribution in [0.4, 0.5) is 4.39 Å². The first-order chi connectivity index (χ1) is 9.03. The Morgan fingerprint density at radius 2 is 2.32 bits per heavy atom. The maximum absolute atomic E-state index is 15.0. The van der Waals surface area contributed by atoms with Gasteiger partial charge in [0.1, 0.15) is 11.4 Å². The van der Waals surface area contributed by atoms with Crippen LogP contribution in [0.3, 0.4) is 0 Å². The molecule has 0 saturated carbocycles.